The maximum absolute atomic E-state index is 11.2. The molecular formula is C13H14Cl2N4O. The quantitative estimate of drug-likeness (QED) is 0.892. The summed E-state index contributed by atoms with van der Waals surface area (Å²) < 4.78 is 1.56. The largest absolute Gasteiger partial charge is 0.378 e. The highest BCUT2D eigenvalue weighted by Crippen LogP contribution is 2.21. The monoisotopic (exact) mass is 312 g/mol. The van der Waals surface area contributed by atoms with Crippen molar-refractivity contribution in [2.24, 2.45) is 0 Å². The number of rotatable bonds is 5. The molecule has 1 aromatic carbocycles. The maximum atomic E-state index is 11.2. The molecule has 1 heterocycles. The van der Waals surface area contributed by atoms with Gasteiger partial charge in [0.1, 0.15) is 6.54 Å². The van der Waals surface area contributed by atoms with Crippen LogP contribution < -0.4 is 10.6 Å². The van der Waals surface area contributed by atoms with Crippen LogP contribution in [0.15, 0.2) is 30.6 Å². The minimum absolute atomic E-state index is 0.0969. The third-order valence-electron chi connectivity index (χ3n) is 2.72. The van der Waals surface area contributed by atoms with Gasteiger partial charge in [-0.05, 0) is 17.7 Å². The van der Waals surface area contributed by atoms with E-state index in [-0.39, 0.29) is 12.5 Å². The minimum Gasteiger partial charge on any atom is -0.378 e. The summed E-state index contributed by atoms with van der Waals surface area (Å²) in [6.07, 6.45) is 3.42. The van der Waals surface area contributed by atoms with E-state index in [4.69, 9.17) is 23.2 Å². The Kier molecular flexibility index (Phi) is 4.87. The third-order valence-corrected chi connectivity index (χ3v) is 3.30. The Hall–Kier alpha value is -1.72. The molecule has 1 aromatic heterocycles. The number of hydrogen-bond acceptors (Lipinski definition) is 3. The van der Waals surface area contributed by atoms with E-state index in [1.807, 2.05) is 6.07 Å². The molecule has 0 unspecified atom stereocenters. The number of aromatic nitrogens is 2. The van der Waals surface area contributed by atoms with Gasteiger partial charge in [-0.3, -0.25) is 9.48 Å². The van der Waals surface area contributed by atoms with Crippen molar-refractivity contribution >= 4 is 34.8 Å². The molecule has 0 aliphatic rings. The molecule has 0 saturated heterocycles. The van der Waals surface area contributed by atoms with E-state index in [0.717, 1.165) is 11.3 Å². The summed E-state index contributed by atoms with van der Waals surface area (Å²) in [5, 5.41) is 11.0. The molecule has 2 N–H and O–H groups in total. The van der Waals surface area contributed by atoms with Gasteiger partial charge >= 0.3 is 0 Å². The highest BCUT2D eigenvalue weighted by atomic mass is 35.5. The van der Waals surface area contributed by atoms with Gasteiger partial charge in [-0.25, -0.2) is 0 Å². The highest BCUT2D eigenvalue weighted by Gasteiger charge is 2.04. The topological polar surface area (TPSA) is 59.0 Å². The number of halogens is 2. The molecule has 0 bridgehead atoms. The second-order valence-electron chi connectivity index (χ2n) is 4.19. The van der Waals surface area contributed by atoms with Gasteiger partial charge < -0.3 is 10.6 Å². The first-order valence-corrected chi connectivity index (χ1v) is 6.75. The van der Waals surface area contributed by atoms with Crippen LogP contribution in [-0.2, 0) is 17.9 Å². The highest BCUT2D eigenvalue weighted by molar-refractivity contribution is 6.35. The van der Waals surface area contributed by atoms with Gasteiger partial charge in [0.25, 0.3) is 0 Å². The van der Waals surface area contributed by atoms with E-state index in [1.165, 1.54) is 0 Å². The maximum Gasteiger partial charge on any atom is 0.241 e. The predicted octanol–water partition coefficient (Wildman–Crippen LogP) is 2.55. The molecule has 2 rings (SSSR count). The Bertz CT molecular complexity index is 612. The SMILES string of the molecule is CNC(=O)Cn1cc(NCc2ccc(Cl)cc2Cl)cn1. The number of likely N-dealkylation sites (N-methyl/N-ethyl adjacent to an activating group) is 1. The molecule has 0 atom stereocenters. The summed E-state index contributed by atoms with van der Waals surface area (Å²) in [6, 6.07) is 5.36. The van der Waals surface area contributed by atoms with Crippen molar-refractivity contribution in [1.82, 2.24) is 15.1 Å². The van der Waals surface area contributed by atoms with E-state index in [1.54, 1.807) is 36.3 Å². The Labute approximate surface area is 126 Å². The van der Waals surface area contributed by atoms with Gasteiger partial charge in [-0.1, -0.05) is 29.3 Å². The standard InChI is InChI=1S/C13H14Cl2N4O/c1-16-13(20)8-19-7-11(6-18-19)17-5-9-2-3-10(14)4-12(9)15/h2-4,6-7,17H,5,8H2,1H3,(H,16,20). The van der Waals surface area contributed by atoms with Crippen LogP contribution in [0.1, 0.15) is 5.56 Å². The molecule has 0 spiro atoms. The predicted molar refractivity (Wildman–Crippen MR) is 80.1 cm³/mol. The zero-order valence-electron chi connectivity index (χ0n) is 10.9. The van der Waals surface area contributed by atoms with Crippen LogP contribution in [0.25, 0.3) is 0 Å². The van der Waals surface area contributed by atoms with Crippen molar-refractivity contribution in [2.45, 2.75) is 13.1 Å². The van der Waals surface area contributed by atoms with Crippen LogP contribution in [-0.4, -0.2) is 22.7 Å². The smallest absolute Gasteiger partial charge is 0.241 e. The fraction of sp³-hybridized carbons (Fsp3) is 0.231. The minimum atomic E-state index is -0.0969. The molecule has 0 radical (unpaired) electrons. The van der Waals surface area contributed by atoms with Gasteiger partial charge in [0.2, 0.25) is 5.91 Å². The van der Waals surface area contributed by atoms with E-state index in [0.29, 0.717) is 16.6 Å². The Morgan fingerprint density at radius 2 is 2.20 bits per heavy atom. The van der Waals surface area contributed by atoms with Gasteiger partial charge in [-0.2, -0.15) is 5.10 Å². The van der Waals surface area contributed by atoms with E-state index in [2.05, 4.69) is 15.7 Å². The van der Waals surface area contributed by atoms with Crippen molar-refractivity contribution in [3.63, 3.8) is 0 Å². The molecule has 106 valence electrons. The Morgan fingerprint density at radius 1 is 1.40 bits per heavy atom. The van der Waals surface area contributed by atoms with Crippen LogP contribution >= 0.6 is 23.2 Å². The summed E-state index contributed by atoms with van der Waals surface area (Å²) in [5.41, 5.74) is 1.76. The Balaban J connectivity index is 1.95. The summed E-state index contributed by atoms with van der Waals surface area (Å²) >= 11 is 11.9. The van der Waals surface area contributed by atoms with Crippen molar-refractivity contribution in [1.29, 1.82) is 0 Å². The molecule has 0 aliphatic carbocycles. The first kappa shape index (κ1) is 14.7. The van der Waals surface area contributed by atoms with Gasteiger partial charge in [-0.15, -0.1) is 0 Å². The van der Waals surface area contributed by atoms with Crippen LogP contribution in [0.4, 0.5) is 5.69 Å². The molecule has 0 fully saturated rings. The molecule has 7 heteroatoms. The van der Waals surface area contributed by atoms with Gasteiger partial charge in [0, 0.05) is 29.8 Å². The number of anilines is 1. The molecule has 0 saturated carbocycles. The fourth-order valence-electron chi connectivity index (χ4n) is 1.63. The summed E-state index contributed by atoms with van der Waals surface area (Å²) in [6.45, 7) is 0.752. The molecule has 20 heavy (non-hydrogen) atoms. The van der Waals surface area contributed by atoms with Crippen LogP contribution in [0.5, 0.6) is 0 Å². The van der Waals surface area contributed by atoms with E-state index < -0.39 is 0 Å². The molecular weight excluding hydrogens is 299 g/mol. The molecule has 2 aromatic rings. The first-order valence-electron chi connectivity index (χ1n) is 5.99. The average molecular weight is 313 g/mol. The van der Waals surface area contributed by atoms with Crippen molar-refractivity contribution in [2.75, 3.05) is 12.4 Å². The lowest BCUT2D eigenvalue weighted by atomic mass is 10.2. The number of benzene rings is 1. The molecule has 5 nitrogen and oxygen atoms in total. The van der Waals surface area contributed by atoms with Crippen molar-refractivity contribution in [3.8, 4) is 0 Å². The summed E-state index contributed by atoms with van der Waals surface area (Å²) in [5.74, 6) is -0.0969. The second kappa shape index (κ2) is 6.63. The van der Waals surface area contributed by atoms with E-state index >= 15 is 0 Å². The van der Waals surface area contributed by atoms with Gasteiger partial charge in [0.15, 0.2) is 0 Å². The zero-order valence-corrected chi connectivity index (χ0v) is 12.4. The van der Waals surface area contributed by atoms with Crippen molar-refractivity contribution < 1.29 is 4.79 Å². The normalized spacial score (nSPS) is 10.3. The average Bonchev–Trinajstić information content (AvgIpc) is 2.85. The number of hydrogen-bond donors (Lipinski definition) is 2. The Morgan fingerprint density at radius 3 is 2.90 bits per heavy atom. The fourth-order valence-corrected chi connectivity index (χ4v) is 2.11. The van der Waals surface area contributed by atoms with Crippen LogP contribution in [0.3, 0.4) is 0 Å². The van der Waals surface area contributed by atoms with Crippen LogP contribution in [0, 0.1) is 0 Å². The van der Waals surface area contributed by atoms with E-state index in [9.17, 15) is 4.79 Å². The molecule has 0 aliphatic heterocycles. The zero-order chi connectivity index (χ0) is 14.5. The van der Waals surface area contributed by atoms with Gasteiger partial charge in [0.05, 0.1) is 11.9 Å². The number of nitrogens with one attached hydrogen (secondary N) is 2. The lowest BCUT2D eigenvalue weighted by molar-refractivity contribution is -0.121. The summed E-state index contributed by atoms with van der Waals surface area (Å²) in [4.78, 5) is 11.2. The lowest BCUT2D eigenvalue weighted by Crippen LogP contribution is -2.23. The second-order valence-corrected chi connectivity index (χ2v) is 5.03. The van der Waals surface area contributed by atoms with Crippen molar-refractivity contribution in [3.05, 3.63) is 46.2 Å². The third kappa shape index (κ3) is 3.88. The number of amides is 1. The molecule has 1 amide bonds. The lowest BCUT2D eigenvalue weighted by Gasteiger charge is -2.06. The number of nitrogens with zero attached hydrogens (tertiary/aromatic N) is 2. The number of carbonyl (C=O) groups excluding carboxylic acids is 1. The van der Waals surface area contributed by atoms with Crippen LogP contribution in [0.2, 0.25) is 10.0 Å². The summed E-state index contributed by atoms with van der Waals surface area (Å²) in [7, 11) is 1.59. The number of carbonyl (C=O) groups is 1. The first-order chi connectivity index (χ1) is 9.58.